The zero-order valence-electron chi connectivity index (χ0n) is 64.9. The highest BCUT2D eigenvalue weighted by Gasteiger charge is 2.57. The summed E-state index contributed by atoms with van der Waals surface area (Å²) in [7, 11) is 0. The molecule has 0 aliphatic heterocycles. The summed E-state index contributed by atoms with van der Waals surface area (Å²) in [6.07, 6.45) is 28.4. The normalized spacial score (nSPS) is 32.7. The van der Waals surface area contributed by atoms with E-state index in [0.29, 0.717) is 17.8 Å². The van der Waals surface area contributed by atoms with Gasteiger partial charge in [0.25, 0.3) is 0 Å². The molecule has 11 aliphatic rings. The van der Waals surface area contributed by atoms with Gasteiger partial charge >= 0.3 is 0 Å². The molecule has 8 aromatic carbocycles. The van der Waals surface area contributed by atoms with E-state index in [9.17, 15) is 0 Å². The molecule has 0 spiro atoms. The maximum atomic E-state index is 2.92. The van der Waals surface area contributed by atoms with Crippen molar-refractivity contribution in [1.29, 1.82) is 0 Å². The SMILES string of the molecule is CC1CC(Cc2cc(C3CC4CC3C3CCCC43)cc(N(c3cc(C(C)(C)C)cc(C(C)(C)C)c3)c3c4ccccc4c(N(c4cc(C5CC6CC5C5CCCC65)cc(C5CC6CC5C5CCCC65)c4)c4cc(C(C)(C)C)cc(C(C)(C)C)c4)c4cc(-c5ccccc5)ccc34)c2)C2CCCC12. The Hall–Kier alpha value is -6.12. The van der Waals surface area contributed by atoms with Crippen LogP contribution in [0.4, 0.5) is 34.1 Å². The summed E-state index contributed by atoms with van der Waals surface area (Å²) in [5.41, 5.74) is 22.4. The van der Waals surface area contributed by atoms with Gasteiger partial charge in [-0.2, -0.15) is 0 Å². The summed E-state index contributed by atoms with van der Waals surface area (Å²) in [4.78, 5) is 5.82. The third-order valence-corrected chi connectivity index (χ3v) is 31.5. The summed E-state index contributed by atoms with van der Waals surface area (Å²) in [6, 6.07) is 61.9. The molecule has 6 bridgehead atoms. The standard InChI is InChI=1S/C100H122N2/c1-58-37-62(78-28-19-27-77(58)78)38-59-39-63(88-46-66-49-91(88)82-32-20-29-79(66)82)42-73(40-59)101(75-54-69(97(2,3)4)52-70(55-75)98(5,6)7)95-85-25-17-18-26-86(85)96(94-45-61(35-36-87(94)95)60-23-15-14-16-24-60)102(76-56-71(99(8,9)10)53-72(57-76)100(11,12)13)74-43-64(89-47-67-50-92(89)83-33-21-30-80(67)83)41-65(44-74)90-48-68-51-93(90)84-34-22-31-81(68)84/h14-18,23-26,35-36,39-45,52-58,62,66-68,77-84,88-93H,19-22,27-34,37-38,46-51H2,1-13H3. The van der Waals surface area contributed by atoms with E-state index in [4.69, 9.17) is 0 Å². The minimum Gasteiger partial charge on any atom is -0.309 e. The first-order valence-corrected chi connectivity index (χ1v) is 42.2. The van der Waals surface area contributed by atoms with Crippen molar-refractivity contribution < 1.29 is 0 Å². The van der Waals surface area contributed by atoms with Gasteiger partial charge in [0.1, 0.15) is 0 Å². The predicted octanol–water partition coefficient (Wildman–Crippen LogP) is 28.0. The lowest BCUT2D eigenvalue weighted by atomic mass is 9.70. The van der Waals surface area contributed by atoms with Crippen LogP contribution in [-0.4, -0.2) is 0 Å². The molecule has 0 aromatic heterocycles. The van der Waals surface area contributed by atoms with Gasteiger partial charge in [0.15, 0.2) is 0 Å². The molecule has 11 saturated carbocycles. The van der Waals surface area contributed by atoms with Crippen LogP contribution in [0.2, 0.25) is 0 Å². The van der Waals surface area contributed by atoms with E-state index in [1.807, 2.05) is 0 Å². The minimum absolute atomic E-state index is 0.0831. The molecule has 0 saturated heterocycles. The monoisotopic (exact) mass is 1350 g/mol. The molecule has 19 rings (SSSR count). The molecule has 532 valence electrons. The Bertz CT molecular complexity index is 4430. The van der Waals surface area contributed by atoms with Crippen LogP contribution in [0.3, 0.4) is 0 Å². The molecule has 0 amide bonds. The maximum Gasteiger partial charge on any atom is 0.0620 e. The Morgan fingerprint density at radius 2 is 0.686 bits per heavy atom. The fourth-order valence-electron chi connectivity index (χ4n) is 26.9. The van der Waals surface area contributed by atoms with E-state index in [-0.39, 0.29) is 21.7 Å². The first-order chi connectivity index (χ1) is 48.9. The van der Waals surface area contributed by atoms with Crippen molar-refractivity contribution in [3.63, 3.8) is 0 Å². The zero-order valence-corrected chi connectivity index (χ0v) is 64.9. The highest BCUT2D eigenvalue weighted by Crippen LogP contribution is 2.68. The number of nitrogens with zero attached hydrogens (tertiary/aromatic N) is 2. The van der Waals surface area contributed by atoms with Crippen molar-refractivity contribution in [3.8, 4) is 11.1 Å². The molecular weight excluding hydrogens is 1230 g/mol. The quantitative estimate of drug-likeness (QED) is 0.0889. The van der Waals surface area contributed by atoms with Gasteiger partial charge in [0, 0.05) is 44.3 Å². The van der Waals surface area contributed by atoms with Crippen LogP contribution in [0.5, 0.6) is 0 Å². The van der Waals surface area contributed by atoms with Crippen LogP contribution >= 0.6 is 0 Å². The van der Waals surface area contributed by atoms with Gasteiger partial charge in [-0.1, -0.05) is 207 Å². The number of anilines is 6. The van der Waals surface area contributed by atoms with Crippen LogP contribution in [0.25, 0.3) is 32.7 Å². The molecule has 2 nitrogen and oxygen atoms in total. The number of benzene rings is 8. The van der Waals surface area contributed by atoms with Crippen molar-refractivity contribution in [2.24, 2.45) is 94.7 Å². The van der Waals surface area contributed by atoms with Crippen molar-refractivity contribution >= 4 is 55.7 Å². The van der Waals surface area contributed by atoms with Gasteiger partial charge in [0.05, 0.1) is 11.4 Å². The Kier molecular flexibility index (Phi) is 16.0. The van der Waals surface area contributed by atoms with E-state index < -0.39 is 0 Å². The Balaban J connectivity index is 0.907. The third-order valence-electron chi connectivity index (χ3n) is 31.5. The fraction of sp³-hybridized carbons (Fsp3) is 0.560. The van der Waals surface area contributed by atoms with Gasteiger partial charge in [-0.25, -0.2) is 0 Å². The second-order valence-electron chi connectivity index (χ2n) is 41.1. The molecule has 102 heavy (non-hydrogen) atoms. The lowest BCUT2D eigenvalue weighted by molar-refractivity contribution is 0.229. The Morgan fingerprint density at radius 3 is 1.15 bits per heavy atom. The summed E-state index contributed by atoms with van der Waals surface area (Å²) in [5, 5.41) is 5.31. The summed E-state index contributed by atoms with van der Waals surface area (Å²) >= 11 is 0. The van der Waals surface area contributed by atoms with Gasteiger partial charge < -0.3 is 9.80 Å². The molecule has 0 radical (unpaired) electrons. The smallest absolute Gasteiger partial charge is 0.0620 e. The van der Waals surface area contributed by atoms with E-state index in [1.54, 1.807) is 22.3 Å². The predicted molar refractivity (Wildman–Crippen MR) is 432 cm³/mol. The van der Waals surface area contributed by atoms with Crippen molar-refractivity contribution in [1.82, 2.24) is 0 Å². The van der Waals surface area contributed by atoms with Crippen LogP contribution in [0.1, 0.15) is 274 Å². The molecular formula is C100H122N2. The first kappa shape index (κ1) is 66.6. The highest BCUT2D eigenvalue weighted by molar-refractivity contribution is 6.24. The van der Waals surface area contributed by atoms with Crippen LogP contribution < -0.4 is 9.80 Å². The topological polar surface area (TPSA) is 6.48 Å². The average molecular weight is 1350 g/mol. The number of hydrogen-bond acceptors (Lipinski definition) is 2. The molecule has 2 heteroatoms. The molecule has 0 heterocycles. The number of hydrogen-bond donors (Lipinski definition) is 0. The van der Waals surface area contributed by atoms with Crippen molar-refractivity contribution in [2.45, 2.75) is 258 Å². The molecule has 19 atom stereocenters. The van der Waals surface area contributed by atoms with Crippen molar-refractivity contribution in [3.05, 3.63) is 190 Å². The molecule has 0 N–H and O–H groups in total. The van der Waals surface area contributed by atoms with Crippen LogP contribution in [0.15, 0.2) is 146 Å². The van der Waals surface area contributed by atoms with E-state index >= 15 is 0 Å². The second kappa shape index (κ2) is 24.5. The number of fused-ring (bicyclic) bond motifs is 18. The molecule has 11 aliphatic carbocycles. The lowest BCUT2D eigenvalue weighted by Gasteiger charge is -2.38. The van der Waals surface area contributed by atoms with Crippen LogP contribution in [0, 0.1) is 94.7 Å². The minimum atomic E-state index is -0.0853. The number of rotatable bonds is 12. The summed E-state index contributed by atoms with van der Waals surface area (Å²) in [5.74, 6) is 15.8. The fourth-order valence-corrected chi connectivity index (χ4v) is 26.9. The highest BCUT2D eigenvalue weighted by atomic mass is 15.2. The molecule has 8 aromatic rings. The zero-order chi connectivity index (χ0) is 69.8. The van der Waals surface area contributed by atoms with Gasteiger partial charge in [0.2, 0.25) is 0 Å². The Labute approximate surface area is 615 Å². The average Bonchev–Trinajstić information content (AvgIpc) is 0.892. The second-order valence-corrected chi connectivity index (χ2v) is 41.1. The third kappa shape index (κ3) is 11.1. The van der Waals surface area contributed by atoms with Crippen molar-refractivity contribution in [2.75, 3.05) is 9.80 Å². The van der Waals surface area contributed by atoms with E-state index in [2.05, 4.69) is 245 Å². The summed E-state index contributed by atoms with van der Waals surface area (Å²) < 4.78 is 0. The summed E-state index contributed by atoms with van der Waals surface area (Å²) in [6.45, 7) is 32.1. The van der Waals surface area contributed by atoms with Gasteiger partial charge in [-0.15, -0.1) is 0 Å². The first-order valence-electron chi connectivity index (χ1n) is 42.2. The maximum absolute atomic E-state index is 2.92. The van der Waals surface area contributed by atoms with E-state index in [1.165, 1.54) is 217 Å². The molecule has 11 fully saturated rings. The largest absolute Gasteiger partial charge is 0.309 e. The Morgan fingerprint density at radius 1 is 0.304 bits per heavy atom. The van der Waals surface area contributed by atoms with Gasteiger partial charge in [-0.3, -0.25) is 0 Å². The molecule has 19 unspecified atom stereocenters. The van der Waals surface area contributed by atoms with Crippen LogP contribution in [-0.2, 0) is 28.1 Å². The van der Waals surface area contributed by atoms with Gasteiger partial charge in [-0.05, 0) is 347 Å². The lowest BCUT2D eigenvalue weighted by Crippen LogP contribution is -2.25. The van der Waals surface area contributed by atoms with E-state index in [0.717, 1.165) is 94.7 Å².